The molecular formula is C8H17N2O4P. The van der Waals surface area contributed by atoms with Crippen molar-refractivity contribution in [3.05, 3.63) is 18.2 Å². The summed E-state index contributed by atoms with van der Waals surface area (Å²) < 4.78 is 20.0. The Labute approximate surface area is 89.5 Å². The quantitative estimate of drug-likeness (QED) is 0.802. The first kappa shape index (κ1) is 14.3. The van der Waals surface area contributed by atoms with Crippen LogP contribution in [0.1, 0.15) is 12.7 Å². The van der Waals surface area contributed by atoms with Crippen LogP contribution in [-0.2, 0) is 27.1 Å². The highest BCUT2D eigenvalue weighted by Gasteiger charge is 2.13. The largest absolute Gasteiger partial charge is 0.471 e. The van der Waals surface area contributed by atoms with Gasteiger partial charge in [-0.1, -0.05) is 6.92 Å². The highest BCUT2D eigenvalue weighted by molar-refractivity contribution is 7.47. The lowest BCUT2D eigenvalue weighted by Crippen LogP contribution is -1.92. The van der Waals surface area contributed by atoms with Crippen molar-refractivity contribution in [3.8, 4) is 0 Å². The summed E-state index contributed by atoms with van der Waals surface area (Å²) in [6.07, 6.45) is 4.79. The van der Waals surface area contributed by atoms with Crippen LogP contribution in [-0.4, -0.2) is 28.7 Å². The second-order valence-electron chi connectivity index (χ2n) is 2.64. The molecule has 0 aromatic carbocycles. The van der Waals surface area contributed by atoms with E-state index in [0.717, 1.165) is 26.5 Å². The van der Waals surface area contributed by atoms with Crippen LogP contribution < -0.4 is 0 Å². The molecule has 0 spiro atoms. The fourth-order valence-electron chi connectivity index (χ4n) is 0.812. The molecular weight excluding hydrogens is 219 g/mol. The van der Waals surface area contributed by atoms with E-state index in [2.05, 4.69) is 21.0 Å². The molecule has 1 N–H and O–H groups in total. The first-order valence-electron chi connectivity index (χ1n) is 4.37. The number of imidazole rings is 1. The van der Waals surface area contributed by atoms with E-state index in [1.807, 2.05) is 24.0 Å². The number of nitrogens with zero attached hydrogens (tertiary/aromatic N) is 2. The minimum Gasteiger partial charge on any atom is -0.338 e. The minimum absolute atomic E-state index is 1.02. The van der Waals surface area contributed by atoms with Crippen LogP contribution in [0.4, 0.5) is 0 Å². The number of rotatable bonds is 3. The van der Waals surface area contributed by atoms with Crippen LogP contribution in [0.3, 0.4) is 0 Å². The van der Waals surface area contributed by atoms with Gasteiger partial charge in [-0.3, -0.25) is 9.05 Å². The zero-order chi connectivity index (χ0) is 11.9. The van der Waals surface area contributed by atoms with Gasteiger partial charge in [-0.15, -0.1) is 0 Å². The number of phosphoric ester groups is 1. The van der Waals surface area contributed by atoms with Crippen LogP contribution in [0.15, 0.2) is 12.4 Å². The van der Waals surface area contributed by atoms with E-state index in [0.29, 0.717) is 0 Å². The van der Waals surface area contributed by atoms with Gasteiger partial charge in [0, 0.05) is 40.1 Å². The van der Waals surface area contributed by atoms with Crippen LogP contribution in [0, 0.1) is 0 Å². The van der Waals surface area contributed by atoms with Gasteiger partial charge in [-0.2, -0.15) is 0 Å². The number of hydrogen-bond donors (Lipinski definition) is 1. The fourth-order valence-corrected chi connectivity index (χ4v) is 0.961. The number of aromatic nitrogens is 2. The van der Waals surface area contributed by atoms with E-state index in [4.69, 9.17) is 4.89 Å². The molecule has 6 nitrogen and oxygen atoms in total. The maximum Gasteiger partial charge on any atom is 0.471 e. The summed E-state index contributed by atoms with van der Waals surface area (Å²) in [4.78, 5) is 12.3. The predicted octanol–water partition coefficient (Wildman–Crippen LogP) is 1.36. The molecule has 0 bridgehead atoms. The van der Waals surface area contributed by atoms with E-state index in [1.54, 1.807) is 0 Å². The lowest BCUT2D eigenvalue weighted by Gasteiger charge is -2.01. The SMILES string of the molecule is CCc1nccn1C.COP(=O)(O)OC. The molecule has 0 unspecified atom stereocenters. The van der Waals surface area contributed by atoms with Crippen molar-refractivity contribution >= 4 is 7.82 Å². The van der Waals surface area contributed by atoms with Gasteiger partial charge in [0.1, 0.15) is 5.82 Å². The Kier molecular flexibility index (Phi) is 6.43. The van der Waals surface area contributed by atoms with Gasteiger partial charge >= 0.3 is 7.82 Å². The van der Waals surface area contributed by atoms with Crippen molar-refractivity contribution in [2.45, 2.75) is 13.3 Å². The minimum atomic E-state index is -3.65. The smallest absolute Gasteiger partial charge is 0.338 e. The van der Waals surface area contributed by atoms with E-state index in [1.165, 1.54) is 0 Å². The van der Waals surface area contributed by atoms with E-state index < -0.39 is 7.82 Å². The molecule has 0 aliphatic heterocycles. The van der Waals surface area contributed by atoms with Crippen molar-refractivity contribution in [1.82, 2.24) is 9.55 Å². The molecule has 1 aromatic rings. The second-order valence-corrected chi connectivity index (χ2v) is 4.31. The Morgan fingerprint density at radius 2 is 2.07 bits per heavy atom. The molecule has 7 heteroatoms. The standard InChI is InChI=1S/C6H10N2.C2H7O4P/c1-3-6-7-4-5-8(6)2;1-5-7(3,4)6-2/h4-5H,3H2,1-2H3;1-2H3,(H,3,4). The normalized spacial score (nSPS) is 10.7. The van der Waals surface area contributed by atoms with Crippen molar-refractivity contribution in [1.29, 1.82) is 0 Å². The van der Waals surface area contributed by atoms with Gasteiger partial charge in [0.25, 0.3) is 0 Å². The third kappa shape index (κ3) is 5.69. The van der Waals surface area contributed by atoms with Gasteiger partial charge in [0.05, 0.1) is 0 Å². The predicted molar refractivity (Wildman–Crippen MR) is 56.4 cm³/mol. The Bertz CT molecular complexity index is 318. The summed E-state index contributed by atoms with van der Waals surface area (Å²) in [6, 6.07) is 0. The molecule has 0 saturated carbocycles. The number of hydrogen-bond acceptors (Lipinski definition) is 4. The zero-order valence-electron chi connectivity index (χ0n) is 9.38. The molecule has 0 radical (unpaired) electrons. The van der Waals surface area contributed by atoms with Crippen LogP contribution in [0.2, 0.25) is 0 Å². The van der Waals surface area contributed by atoms with E-state index in [9.17, 15) is 4.57 Å². The van der Waals surface area contributed by atoms with E-state index in [-0.39, 0.29) is 0 Å². The molecule has 1 rings (SSSR count). The van der Waals surface area contributed by atoms with Gasteiger partial charge in [0.2, 0.25) is 0 Å². The monoisotopic (exact) mass is 236 g/mol. The van der Waals surface area contributed by atoms with Gasteiger partial charge < -0.3 is 9.46 Å². The van der Waals surface area contributed by atoms with Gasteiger partial charge in [0.15, 0.2) is 0 Å². The zero-order valence-corrected chi connectivity index (χ0v) is 10.3. The molecule has 0 aliphatic carbocycles. The summed E-state index contributed by atoms with van der Waals surface area (Å²) in [6.45, 7) is 2.10. The molecule has 1 aromatic heterocycles. The average Bonchev–Trinajstić information content (AvgIpc) is 2.65. The molecule has 0 atom stereocenters. The number of aryl methyl sites for hydroxylation is 2. The highest BCUT2D eigenvalue weighted by Crippen LogP contribution is 2.40. The molecule has 15 heavy (non-hydrogen) atoms. The van der Waals surface area contributed by atoms with Crippen molar-refractivity contribution in [2.24, 2.45) is 7.05 Å². The van der Waals surface area contributed by atoms with Crippen LogP contribution in [0.25, 0.3) is 0 Å². The van der Waals surface area contributed by atoms with Crippen molar-refractivity contribution in [3.63, 3.8) is 0 Å². The lowest BCUT2D eigenvalue weighted by atomic mass is 10.5. The van der Waals surface area contributed by atoms with Gasteiger partial charge in [-0.25, -0.2) is 9.55 Å². The average molecular weight is 236 g/mol. The summed E-state index contributed by atoms with van der Waals surface area (Å²) in [5, 5.41) is 0. The number of phosphoric acid groups is 1. The first-order valence-corrected chi connectivity index (χ1v) is 5.86. The molecule has 0 aliphatic rings. The molecule has 0 amide bonds. The van der Waals surface area contributed by atoms with Crippen molar-refractivity contribution in [2.75, 3.05) is 14.2 Å². The van der Waals surface area contributed by atoms with E-state index >= 15 is 0 Å². The second kappa shape index (κ2) is 6.74. The summed E-state index contributed by atoms with van der Waals surface area (Å²) >= 11 is 0. The summed E-state index contributed by atoms with van der Waals surface area (Å²) in [7, 11) is 0.554. The Morgan fingerprint density at radius 3 is 2.20 bits per heavy atom. The summed E-state index contributed by atoms with van der Waals surface area (Å²) in [5.41, 5.74) is 0. The molecule has 88 valence electrons. The Balaban J connectivity index is 0.000000265. The van der Waals surface area contributed by atoms with Crippen LogP contribution in [0.5, 0.6) is 0 Å². The molecule has 1 heterocycles. The maximum atomic E-state index is 10.1. The first-order chi connectivity index (χ1) is 6.96. The fraction of sp³-hybridized carbons (Fsp3) is 0.625. The van der Waals surface area contributed by atoms with Crippen molar-refractivity contribution < 1.29 is 18.5 Å². The Morgan fingerprint density at radius 1 is 1.53 bits per heavy atom. The topological polar surface area (TPSA) is 73.6 Å². The maximum absolute atomic E-state index is 10.1. The third-order valence-corrected chi connectivity index (χ3v) is 2.62. The van der Waals surface area contributed by atoms with Crippen LogP contribution >= 0.6 is 7.82 Å². The highest BCUT2D eigenvalue weighted by atomic mass is 31.2. The molecule has 0 saturated heterocycles. The third-order valence-electron chi connectivity index (χ3n) is 1.70. The lowest BCUT2D eigenvalue weighted by molar-refractivity contribution is 0.204. The van der Waals surface area contributed by atoms with Gasteiger partial charge in [-0.05, 0) is 0 Å². The Hall–Kier alpha value is -0.680. The molecule has 0 fully saturated rings. The summed E-state index contributed by atoms with van der Waals surface area (Å²) in [5.74, 6) is 1.14.